The zero-order chi connectivity index (χ0) is 7.56. The number of rotatable bonds is 1. The van der Waals surface area contributed by atoms with Crippen LogP contribution in [0.3, 0.4) is 0 Å². The smallest absolute Gasteiger partial charge is 0.237 e. The normalized spacial score (nSPS) is 9.30. The Kier molecular flexibility index (Phi) is 1.92. The van der Waals surface area contributed by atoms with Crippen molar-refractivity contribution in [3.8, 4) is 0 Å². The number of anilines is 1. The van der Waals surface area contributed by atoms with E-state index in [0.717, 1.165) is 0 Å². The van der Waals surface area contributed by atoms with E-state index in [9.17, 15) is 4.79 Å². The van der Waals surface area contributed by atoms with Gasteiger partial charge in [-0.3, -0.25) is 4.79 Å². The molecule has 0 unspecified atom stereocenters. The van der Waals surface area contributed by atoms with Crippen LogP contribution < -0.4 is 5.73 Å². The lowest BCUT2D eigenvalue weighted by Crippen LogP contribution is -1.92. The summed E-state index contributed by atoms with van der Waals surface area (Å²) >= 11 is 5.59. The highest BCUT2D eigenvalue weighted by Gasteiger charge is 2.01. The number of nitrogen functional groups attached to an aromatic ring is 1. The van der Waals surface area contributed by atoms with Crippen molar-refractivity contribution in [1.82, 2.24) is 0 Å². The summed E-state index contributed by atoms with van der Waals surface area (Å²) in [7, 11) is 0. The molecule has 0 spiro atoms. The van der Waals surface area contributed by atoms with Crippen molar-refractivity contribution in [2.45, 2.75) is 0 Å². The third kappa shape index (κ3) is 1.11. The molecule has 0 saturated carbocycles. The summed E-state index contributed by atoms with van der Waals surface area (Å²) < 4.78 is 0. The summed E-state index contributed by atoms with van der Waals surface area (Å²) in [5.41, 5.74) is 5.99. The van der Waals surface area contributed by atoms with Crippen molar-refractivity contribution in [3.63, 3.8) is 0 Å². The highest BCUT2D eigenvalue weighted by atomic mass is 35.5. The van der Waals surface area contributed by atoms with E-state index in [4.69, 9.17) is 17.3 Å². The van der Waals surface area contributed by atoms with Gasteiger partial charge in [-0.2, -0.15) is 0 Å². The van der Waals surface area contributed by atoms with E-state index < -0.39 is 0 Å². The molecule has 2 N–H and O–H groups in total. The summed E-state index contributed by atoms with van der Waals surface area (Å²) in [6.07, 6.45) is 1.66. The lowest BCUT2D eigenvalue weighted by atomic mass is 10.2. The van der Waals surface area contributed by atoms with Crippen LogP contribution in [0.4, 0.5) is 5.69 Å². The molecule has 0 aliphatic carbocycles. The van der Waals surface area contributed by atoms with Gasteiger partial charge in [-0.05, 0) is 12.1 Å². The van der Waals surface area contributed by atoms with Crippen molar-refractivity contribution in [1.29, 1.82) is 0 Å². The predicted octanol–water partition coefficient (Wildman–Crippen LogP) is 1.38. The lowest BCUT2D eigenvalue weighted by molar-refractivity contribution is 0.563. The number of hydrogen-bond donors (Lipinski definition) is 1. The maximum absolute atomic E-state index is 10.2. The average molecular weight is 155 g/mol. The molecule has 3 heteroatoms. The molecule has 0 amide bonds. The van der Waals surface area contributed by atoms with Crippen LogP contribution in [0.5, 0.6) is 0 Å². The van der Waals surface area contributed by atoms with Gasteiger partial charge in [-0.15, -0.1) is 0 Å². The minimum absolute atomic E-state index is 0.240. The zero-order valence-electron chi connectivity index (χ0n) is 5.10. The molecule has 1 rings (SSSR count). The summed E-state index contributed by atoms with van der Waals surface area (Å²) in [4.78, 5) is 10.2. The first-order valence-electron chi connectivity index (χ1n) is 2.68. The van der Waals surface area contributed by atoms with E-state index in [-0.39, 0.29) is 5.56 Å². The number of benzene rings is 1. The van der Waals surface area contributed by atoms with Crippen LogP contribution in [0.15, 0.2) is 18.2 Å². The SMILES string of the molecule is Nc1cccc(Cl)c1[C]=O. The number of carbonyl (C=O) groups excluding carboxylic acids is 1. The number of nitrogens with two attached hydrogens (primary N) is 1. The van der Waals surface area contributed by atoms with Gasteiger partial charge < -0.3 is 5.73 Å². The van der Waals surface area contributed by atoms with E-state index in [2.05, 4.69) is 0 Å². The van der Waals surface area contributed by atoms with Crippen molar-refractivity contribution in [3.05, 3.63) is 28.8 Å². The van der Waals surface area contributed by atoms with Gasteiger partial charge in [-0.1, -0.05) is 17.7 Å². The Morgan fingerprint density at radius 1 is 1.50 bits per heavy atom. The molecule has 0 aromatic heterocycles. The zero-order valence-corrected chi connectivity index (χ0v) is 5.85. The Labute approximate surface area is 63.6 Å². The Bertz CT molecular complexity index is 240. The molecule has 10 heavy (non-hydrogen) atoms. The molecular weight excluding hydrogens is 150 g/mol. The van der Waals surface area contributed by atoms with Crippen molar-refractivity contribution < 1.29 is 4.79 Å². The first-order valence-corrected chi connectivity index (χ1v) is 3.05. The minimum atomic E-state index is 0.240. The van der Waals surface area contributed by atoms with Crippen LogP contribution in [-0.4, -0.2) is 6.29 Å². The highest BCUT2D eigenvalue weighted by Crippen LogP contribution is 2.18. The van der Waals surface area contributed by atoms with E-state index >= 15 is 0 Å². The molecule has 0 saturated heterocycles. The van der Waals surface area contributed by atoms with Crippen LogP contribution in [0.1, 0.15) is 5.56 Å². The summed E-state index contributed by atoms with van der Waals surface area (Å²) in [6, 6.07) is 4.88. The van der Waals surface area contributed by atoms with Crippen LogP contribution in [-0.2, 0) is 4.79 Å². The quantitative estimate of drug-likeness (QED) is 0.621. The van der Waals surface area contributed by atoms with Crippen LogP contribution in [0.25, 0.3) is 0 Å². The summed E-state index contributed by atoms with van der Waals surface area (Å²) in [5, 5.41) is 0.343. The number of hydrogen-bond acceptors (Lipinski definition) is 2. The molecule has 0 atom stereocenters. The Balaban J connectivity index is 3.30. The highest BCUT2D eigenvalue weighted by molar-refractivity contribution is 6.33. The molecule has 1 aromatic carbocycles. The fraction of sp³-hybridized carbons (Fsp3) is 0. The van der Waals surface area contributed by atoms with Gasteiger partial charge in [0.2, 0.25) is 6.29 Å². The number of halogens is 1. The van der Waals surface area contributed by atoms with Gasteiger partial charge in [0.05, 0.1) is 10.6 Å². The third-order valence-electron chi connectivity index (χ3n) is 1.15. The molecule has 0 heterocycles. The fourth-order valence-corrected chi connectivity index (χ4v) is 0.869. The second kappa shape index (κ2) is 2.71. The van der Waals surface area contributed by atoms with Crippen molar-refractivity contribution >= 4 is 23.6 Å². The topological polar surface area (TPSA) is 43.1 Å². The maximum Gasteiger partial charge on any atom is 0.237 e. The molecule has 1 radical (unpaired) electrons. The Morgan fingerprint density at radius 3 is 2.60 bits per heavy atom. The lowest BCUT2D eigenvalue weighted by Gasteiger charge is -1.96. The first kappa shape index (κ1) is 7.09. The second-order valence-electron chi connectivity index (χ2n) is 1.81. The molecule has 0 bridgehead atoms. The van der Waals surface area contributed by atoms with Gasteiger partial charge in [0.25, 0.3) is 0 Å². The van der Waals surface area contributed by atoms with Crippen LogP contribution >= 0.6 is 11.6 Å². The molecule has 0 aliphatic heterocycles. The van der Waals surface area contributed by atoms with Crippen LogP contribution in [0, 0.1) is 0 Å². The van der Waals surface area contributed by atoms with E-state index in [1.54, 1.807) is 24.5 Å². The molecular formula is C7H5ClNO. The predicted molar refractivity (Wildman–Crippen MR) is 40.7 cm³/mol. The van der Waals surface area contributed by atoms with Gasteiger partial charge >= 0.3 is 0 Å². The van der Waals surface area contributed by atoms with Crippen LogP contribution in [0.2, 0.25) is 5.02 Å². The standard InChI is InChI=1S/C7H5ClNO/c8-6-2-1-3-7(9)5(6)4-10/h1-3H,9H2. The summed E-state index contributed by atoms with van der Waals surface area (Å²) in [6.45, 7) is 0. The van der Waals surface area contributed by atoms with Gasteiger partial charge in [0.1, 0.15) is 0 Å². The van der Waals surface area contributed by atoms with Gasteiger partial charge in [0.15, 0.2) is 0 Å². The molecule has 1 aromatic rings. The van der Waals surface area contributed by atoms with Gasteiger partial charge in [0, 0.05) is 5.69 Å². The molecule has 2 nitrogen and oxygen atoms in total. The molecule has 0 fully saturated rings. The minimum Gasteiger partial charge on any atom is -0.398 e. The molecule has 51 valence electrons. The van der Waals surface area contributed by atoms with E-state index in [1.165, 1.54) is 0 Å². The van der Waals surface area contributed by atoms with E-state index in [1.807, 2.05) is 0 Å². The van der Waals surface area contributed by atoms with Crippen molar-refractivity contribution in [2.24, 2.45) is 0 Å². The molecule has 0 aliphatic rings. The first-order chi connectivity index (χ1) is 4.75. The van der Waals surface area contributed by atoms with Crippen molar-refractivity contribution in [2.75, 3.05) is 5.73 Å². The monoisotopic (exact) mass is 154 g/mol. The maximum atomic E-state index is 10.2. The van der Waals surface area contributed by atoms with E-state index in [0.29, 0.717) is 10.7 Å². The van der Waals surface area contributed by atoms with Gasteiger partial charge in [-0.25, -0.2) is 0 Å². The third-order valence-corrected chi connectivity index (χ3v) is 1.46. The Morgan fingerprint density at radius 2 is 2.20 bits per heavy atom. The summed E-state index contributed by atoms with van der Waals surface area (Å²) in [5.74, 6) is 0. The fourth-order valence-electron chi connectivity index (χ4n) is 0.648. The Hall–Kier alpha value is -1.02. The second-order valence-corrected chi connectivity index (χ2v) is 2.21. The largest absolute Gasteiger partial charge is 0.398 e. The average Bonchev–Trinajstić information content (AvgIpc) is 1.88.